The number of rotatable bonds is 2. The van der Waals surface area contributed by atoms with E-state index in [4.69, 9.17) is 10.5 Å². The molecule has 2 atom stereocenters. The maximum absolute atomic E-state index is 6.08. The Balaban J connectivity index is 2.07. The molecule has 0 heterocycles. The average molecular weight is 219 g/mol. The molecule has 0 radical (unpaired) electrons. The Morgan fingerprint density at radius 3 is 2.62 bits per heavy atom. The fraction of sp³-hybridized carbons (Fsp3) is 0.571. The average Bonchev–Trinajstić information content (AvgIpc) is 2.25. The first kappa shape index (κ1) is 11.5. The lowest BCUT2D eigenvalue weighted by Gasteiger charge is -2.29. The molecule has 0 bridgehead atoms. The van der Waals surface area contributed by atoms with Crippen molar-refractivity contribution in [2.45, 2.75) is 51.7 Å². The lowest BCUT2D eigenvalue weighted by Crippen LogP contribution is -2.41. The molecule has 1 aromatic rings. The van der Waals surface area contributed by atoms with Crippen LogP contribution in [0.2, 0.25) is 0 Å². The lowest BCUT2D eigenvalue weighted by molar-refractivity contribution is 0.131. The molecule has 0 aliphatic heterocycles. The van der Waals surface area contributed by atoms with Crippen molar-refractivity contribution in [3.05, 3.63) is 29.3 Å². The summed E-state index contributed by atoms with van der Waals surface area (Å²) in [6.07, 6.45) is 4.87. The second-order valence-electron chi connectivity index (χ2n) is 4.87. The second kappa shape index (κ2) is 4.88. The van der Waals surface area contributed by atoms with Crippen LogP contribution in [-0.2, 0) is 0 Å². The highest BCUT2D eigenvalue weighted by Gasteiger charge is 2.23. The molecule has 1 aliphatic carbocycles. The van der Waals surface area contributed by atoms with E-state index < -0.39 is 0 Å². The van der Waals surface area contributed by atoms with Crippen molar-refractivity contribution in [2.24, 2.45) is 5.73 Å². The zero-order valence-corrected chi connectivity index (χ0v) is 10.2. The predicted molar refractivity (Wildman–Crippen MR) is 66.8 cm³/mol. The van der Waals surface area contributed by atoms with Crippen LogP contribution in [0, 0.1) is 13.8 Å². The first-order chi connectivity index (χ1) is 7.66. The fourth-order valence-electron chi connectivity index (χ4n) is 2.37. The van der Waals surface area contributed by atoms with Gasteiger partial charge in [-0.25, -0.2) is 0 Å². The number of ether oxygens (including phenoxy) is 1. The second-order valence-corrected chi connectivity index (χ2v) is 4.87. The van der Waals surface area contributed by atoms with E-state index in [1.54, 1.807) is 0 Å². The van der Waals surface area contributed by atoms with Crippen LogP contribution in [0.5, 0.6) is 5.75 Å². The van der Waals surface area contributed by atoms with Crippen LogP contribution in [-0.4, -0.2) is 12.1 Å². The quantitative estimate of drug-likeness (QED) is 0.830. The van der Waals surface area contributed by atoms with E-state index >= 15 is 0 Å². The number of nitrogens with two attached hydrogens (primary N) is 1. The van der Waals surface area contributed by atoms with E-state index in [0.29, 0.717) is 0 Å². The molecule has 1 fully saturated rings. The standard InChI is InChI=1S/C14H21NO/c1-10-7-8-13(11(2)9-10)16-14-6-4-3-5-12(14)15/h7-9,12,14H,3-6,15H2,1-2H3. The monoisotopic (exact) mass is 219 g/mol. The first-order valence-corrected chi connectivity index (χ1v) is 6.16. The van der Waals surface area contributed by atoms with E-state index in [1.165, 1.54) is 24.0 Å². The van der Waals surface area contributed by atoms with Gasteiger partial charge in [-0.2, -0.15) is 0 Å². The summed E-state index contributed by atoms with van der Waals surface area (Å²) in [7, 11) is 0. The molecular weight excluding hydrogens is 198 g/mol. The van der Waals surface area contributed by atoms with E-state index in [2.05, 4.69) is 32.0 Å². The molecule has 2 heteroatoms. The van der Waals surface area contributed by atoms with Crippen LogP contribution in [0.25, 0.3) is 0 Å². The summed E-state index contributed by atoms with van der Waals surface area (Å²) in [5.74, 6) is 0.993. The molecule has 2 N–H and O–H groups in total. The van der Waals surface area contributed by atoms with Gasteiger partial charge in [0.2, 0.25) is 0 Å². The van der Waals surface area contributed by atoms with Crippen LogP contribution in [0.3, 0.4) is 0 Å². The van der Waals surface area contributed by atoms with Crippen LogP contribution < -0.4 is 10.5 Å². The Bertz CT molecular complexity index is 362. The van der Waals surface area contributed by atoms with E-state index in [0.717, 1.165) is 18.6 Å². The summed E-state index contributed by atoms with van der Waals surface area (Å²) in [5, 5.41) is 0. The van der Waals surface area contributed by atoms with Gasteiger partial charge in [0.25, 0.3) is 0 Å². The smallest absolute Gasteiger partial charge is 0.122 e. The minimum atomic E-state index is 0.203. The van der Waals surface area contributed by atoms with Crippen LogP contribution >= 0.6 is 0 Å². The highest BCUT2D eigenvalue weighted by molar-refractivity contribution is 5.35. The molecule has 0 aromatic heterocycles. The van der Waals surface area contributed by atoms with Gasteiger partial charge in [-0.3, -0.25) is 0 Å². The van der Waals surface area contributed by atoms with Crippen molar-refractivity contribution in [1.29, 1.82) is 0 Å². The van der Waals surface area contributed by atoms with Gasteiger partial charge in [0.15, 0.2) is 0 Å². The highest BCUT2D eigenvalue weighted by Crippen LogP contribution is 2.25. The number of hydrogen-bond acceptors (Lipinski definition) is 2. The zero-order chi connectivity index (χ0) is 11.5. The molecule has 2 unspecified atom stereocenters. The summed E-state index contributed by atoms with van der Waals surface area (Å²) in [6, 6.07) is 6.52. The zero-order valence-electron chi connectivity index (χ0n) is 10.2. The van der Waals surface area contributed by atoms with Crippen molar-refractivity contribution in [3.8, 4) is 5.75 Å². The van der Waals surface area contributed by atoms with Crippen LogP contribution in [0.4, 0.5) is 0 Å². The predicted octanol–water partition coefficient (Wildman–Crippen LogP) is 2.95. The van der Waals surface area contributed by atoms with Gasteiger partial charge in [0.1, 0.15) is 11.9 Å². The maximum atomic E-state index is 6.08. The van der Waals surface area contributed by atoms with Gasteiger partial charge in [0, 0.05) is 6.04 Å². The normalized spacial score (nSPS) is 25.4. The SMILES string of the molecule is Cc1ccc(OC2CCCCC2N)c(C)c1. The molecule has 1 aromatic carbocycles. The van der Waals surface area contributed by atoms with Crippen molar-refractivity contribution < 1.29 is 4.74 Å². The van der Waals surface area contributed by atoms with Gasteiger partial charge in [-0.1, -0.05) is 24.1 Å². The Labute approximate surface area is 97.8 Å². The minimum absolute atomic E-state index is 0.203. The van der Waals surface area contributed by atoms with Crippen molar-refractivity contribution >= 4 is 0 Å². The van der Waals surface area contributed by atoms with Gasteiger partial charge in [-0.15, -0.1) is 0 Å². The van der Waals surface area contributed by atoms with Crippen molar-refractivity contribution in [2.75, 3.05) is 0 Å². The topological polar surface area (TPSA) is 35.2 Å². The highest BCUT2D eigenvalue weighted by atomic mass is 16.5. The third kappa shape index (κ3) is 2.56. The third-order valence-electron chi connectivity index (χ3n) is 3.36. The third-order valence-corrected chi connectivity index (χ3v) is 3.36. The molecule has 2 rings (SSSR count). The summed E-state index contributed by atoms with van der Waals surface area (Å²) in [5.41, 5.74) is 8.56. The molecule has 2 nitrogen and oxygen atoms in total. The summed E-state index contributed by atoms with van der Waals surface area (Å²) < 4.78 is 6.03. The van der Waals surface area contributed by atoms with Gasteiger partial charge >= 0.3 is 0 Å². The Hall–Kier alpha value is -1.02. The van der Waals surface area contributed by atoms with Crippen LogP contribution in [0.1, 0.15) is 36.8 Å². The molecule has 0 spiro atoms. The largest absolute Gasteiger partial charge is 0.489 e. The van der Waals surface area contributed by atoms with E-state index in [-0.39, 0.29) is 12.1 Å². The molecule has 16 heavy (non-hydrogen) atoms. The maximum Gasteiger partial charge on any atom is 0.122 e. The minimum Gasteiger partial charge on any atom is -0.489 e. The number of aryl methyl sites for hydroxylation is 2. The molecule has 1 saturated carbocycles. The number of benzene rings is 1. The van der Waals surface area contributed by atoms with Crippen molar-refractivity contribution in [1.82, 2.24) is 0 Å². The lowest BCUT2D eigenvalue weighted by atomic mass is 9.93. The van der Waals surface area contributed by atoms with Crippen LogP contribution in [0.15, 0.2) is 18.2 Å². The van der Waals surface area contributed by atoms with Gasteiger partial charge < -0.3 is 10.5 Å². The molecular formula is C14H21NO. The summed E-state index contributed by atoms with van der Waals surface area (Å²) >= 11 is 0. The van der Waals surface area contributed by atoms with Gasteiger partial charge in [0.05, 0.1) is 0 Å². The molecule has 88 valence electrons. The van der Waals surface area contributed by atoms with E-state index in [9.17, 15) is 0 Å². The Morgan fingerprint density at radius 2 is 1.94 bits per heavy atom. The summed E-state index contributed by atoms with van der Waals surface area (Å²) in [4.78, 5) is 0. The summed E-state index contributed by atoms with van der Waals surface area (Å²) in [6.45, 7) is 4.19. The van der Waals surface area contributed by atoms with Crippen molar-refractivity contribution in [3.63, 3.8) is 0 Å². The molecule has 0 amide bonds. The Morgan fingerprint density at radius 1 is 1.19 bits per heavy atom. The van der Waals surface area contributed by atoms with E-state index in [1.807, 2.05) is 0 Å². The Kier molecular flexibility index (Phi) is 3.49. The molecule has 1 aliphatic rings. The number of hydrogen-bond donors (Lipinski definition) is 1. The molecule has 0 saturated heterocycles. The first-order valence-electron chi connectivity index (χ1n) is 6.16. The fourth-order valence-corrected chi connectivity index (χ4v) is 2.37. The van der Waals surface area contributed by atoms with Gasteiger partial charge in [-0.05, 0) is 44.7 Å².